The lowest BCUT2D eigenvalue weighted by molar-refractivity contribution is 0.0953. The van der Waals surface area contributed by atoms with Crippen LogP contribution < -0.4 is 5.32 Å². The number of carbonyl (C=O) groups is 1. The van der Waals surface area contributed by atoms with Gasteiger partial charge in [0.2, 0.25) is 0 Å². The number of hydrogen-bond acceptors (Lipinski definition) is 2. The van der Waals surface area contributed by atoms with Crippen molar-refractivity contribution in [1.82, 2.24) is 10.3 Å². The molecule has 82 valence electrons. The molecule has 1 atom stereocenters. The van der Waals surface area contributed by atoms with Crippen LogP contribution in [0.15, 0.2) is 18.5 Å². The zero-order valence-electron chi connectivity index (χ0n) is 8.96. The van der Waals surface area contributed by atoms with Crippen molar-refractivity contribution in [2.45, 2.75) is 25.6 Å². The standard InChI is InChI=1S/C11H15ClN2O/c1-3-10(12)7-14-11(15)9-4-8(2)5-13-6-9/h4-6,10H,3,7H2,1-2H3,(H,14,15). The van der Waals surface area contributed by atoms with E-state index in [1.165, 1.54) is 0 Å². The number of amides is 1. The van der Waals surface area contributed by atoms with Crippen LogP contribution in [-0.2, 0) is 0 Å². The Morgan fingerprint density at radius 3 is 2.93 bits per heavy atom. The Morgan fingerprint density at radius 2 is 2.33 bits per heavy atom. The van der Waals surface area contributed by atoms with Crippen molar-refractivity contribution in [3.8, 4) is 0 Å². The van der Waals surface area contributed by atoms with Gasteiger partial charge < -0.3 is 5.32 Å². The number of halogens is 1. The van der Waals surface area contributed by atoms with Gasteiger partial charge in [-0.15, -0.1) is 11.6 Å². The minimum Gasteiger partial charge on any atom is -0.351 e. The van der Waals surface area contributed by atoms with Gasteiger partial charge in [0.25, 0.3) is 5.91 Å². The molecular formula is C11H15ClN2O. The first-order valence-corrected chi connectivity index (χ1v) is 5.41. The Hall–Kier alpha value is -1.09. The normalized spacial score (nSPS) is 12.2. The fourth-order valence-electron chi connectivity index (χ4n) is 1.13. The van der Waals surface area contributed by atoms with E-state index >= 15 is 0 Å². The van der Waals surface area contributed by atoms with Gasteiger partial charge >= 0.3 is 0 Å². The zero-order chi connectivity index (χ0) is 11.3. The number of nitrogens with zero attached hydrogens (tertiary/aromatic N) is 1. The van der Waals surface area contributed by atoms with Crippen molar-refractivity contribution >= 4 is 17.5 Å². The van der Waals surface area contributed by atoms with E-state index in [9.17, 15) is 4.79 Å². The molecule has 3 nitrogen and oxygen atoms in total. The first-order chi connectivity index (χ1) is 7.13. The number of alkyl halides is 1. The van der Waals surface area contributed by atoms with Crippen molar-refractivity contribution in [2.75, 3.05) is 6.54 Å². The van der Waals surface area contributed by atoms with Crippen LogP contribution in [0.2, 0.25) is 0 Å². The number of aromatic nitrogens is 1. The third kappa shape index (κ3) is 3.88. The number of hydrogen-bond donors (Lipinski definition) is 1. The Morgan fingerprint density at radius 1 is 1.60 bits per heavy atom. The Balaban J connectivity index is 2.54. The Bertz CT molecular complexity index is 341. The third-order valence-corrected chi connectivity index (χ3v) is 2.53. The molecular weight excluding hydrogens is 212 g/mol. The molecule has 4 heteroatoms. The fraction of sp³-hybridized carbons (Fsp3) is 0.455. The van der Waals surface area contributed by atoms with E-state index in [-0.39, 0.29) is 11.3 Å². The summed E-state index contributed by atoms with van der Waals surface area (Å²) < 4.78 is 0. The summed E-state index contributed by atoms with van der Waals surface area (Å²) in [4.78, 5) is 15.6. The Labute approximate surface area is 94.9 Å². The second-order valence-corrected chi connectivity index (χ2v) is 4.08. The molecule has 1 aromatic rings. The van der Waals surface area contributed by atoms with E-state index in [4.69, 9.17) is 11.6 Å². The van der Waals surface area contributed by atoms with Crippen LogP contribution in [0, 0.1) is 6.92 Å². The van der Waals surface area contributed by atoms with Crippen molar-refractivity contribution in [1.29, 1.82) is 0 Å². The highest BCUT2D eigenvalue weighted by atomic mass is 35.5. The maximum atomic E-state index is 11.6. The molecule has 1 aromatic heterocycles. The SMILES string of the molecule is CCC(Cl)CNC(=O)c1cncc(C)c1. The lowest BCUT2D eigenvalue weighted by Gasteiger charge is -2.08. The predicted octanol–water partition coefficient (Wildman–Crippen LogP) is 2.14. The average molecular weight is 227 g/mol. The summed E-state index contributed by atoms with van der Waals surface area (Å²) in [6.45, 7) is 4.38. The second kappa shape index (κ2) is 5.71. The summed E-state index contributed by atoms with van der Waals surface area (Å²) in [5.41, 5.74) is 1.55. The molecule has 1 amide bonds. The molecule has 0 bridgehead atoms. The molecule has 1 rings (SSSR count). The topological polar surface area (TPSA) is 42.0 Å². The summed E-state index contributed by atoms with van der Waals surface area (Å²) in [7, 11) is 0. The van der Waals surface area contributed by atoms with Gasteiger partial charge in [-0.05, 0) is 25.0 Å². The van der Waals surface area contributed by atoms with Crippen molar-refractivity contribution in [3.63, 3.8) is 0 Å². The molecule has 1 N–H and O–H groups in total. The van der Waals surface area contributed by atoms with Crippen molar-refractivity contribution in [3.05, 3.63) is 29.6 Å². The largest absolute Gasteiger partial charge is 0.351 e. The van der Waals surface area contributed by atoms with Gasteiger partial charge in [-0.25, -0.2) is 0 Å². The highest BCUT2D eigenvalue weighted by Crippen LogP contribution is 2.02. The predicted molar refractivity (Wildman–Crippen MR) is 61.2 cm³/mol. The van der Waals surface area contributed by atoms with E-state index in [1.807, 2.05) is 13.8 Å². The van der Waals surface area contributed by atoms with E-state index in [0.717, 1.165) is 12.0 Å². The van der Waals surface area contributed by atoms with Gasteiger partial charge in [0.05, 0.1) is 10.9 Å². The van der Waals surface area contributed by atoms with E-state index in [1.54, 1.807) is 18.5 Å². The summed E-state index contributed by atoms with van der Waals surface area (Å²) >= 11 is 5.90. The summed E-state index contributed by atoms with van der Waals surface area (Å²) in [6, 6.07) is 1.80. The van der Waals surface area contributed by atoms with Gasteiger partial charge in [-0.3, -0.25) is 9.78 Å². The number of carbonyl (C=O) groups excluding carboxylic acids is 1. The smallest absolute Gasteiger partial charge is 0.252 e. The molecule has 0 aliphatic carbocycles. The van der Waals surface area contributed by atoms with E-state index in [0.29, 0.717) is 12.1 Å². The van der Waals surface area contributed by atoms with Crippen LogP contribution in [0.5, 0.6) is 0 Å². The molecule has 0 radical (unpaired) electrons. The maximum absolute atomic E-state index is 11.6. The van der Waals surface area contributed by atoms with Gasteiger partial charge in [0, 0.05) is 18.9 Å². The Kier molecular flexibility index (Phi) is 4.56. The van der Waals surface area contributed by atoms with Crippen LogP contribution in [-0.4, -0.2) is 22.8 Å². The first kappa shape index (κ1) is 12.0. The number of rotatable bonds is 4. The van der Waals surface area contributed by atoms with Crippen LogP contribution in [0.1, 0.15) is 29.3 Å². The molecule has 1 heterocycles. The van der Waals surface area contributed by atoms with Gasteiger partial charge in [0.1, 0.15) is 0 Å². The van der Waals surface area contributed by atoms with Crippen molar-refractivity contribution in [2.24, 2.45) is 0 Å². The second-order valence-electron chi connectivity index (χ2n) is 3.47. The van der Waals surface area contributed by atoms with E-state index in [2.05, 4.69) is 10.3 Å². The minimum absolute atomic E-state index is 0.00767. The van der Waals surface area contributed by atoms with Crippen molar-refractivity contribution < 1.29 is 4.79 Å². The summed E-state index contributed by atoms with van der Waals surface area (Å²) in [5, 5.41) is 2.76. The summed E-state index contributed by atoms with van der Waals surface area (Å²) in [5.74, 6) is -0.120. The highest BCUT2D eigenvalue weighted by molar-refractivity contribution is 6.20. The lowest BCUT2D eigenvalue weighted by Crippen LogP contribution is -2.29. The average Bonchev–Trinajstić information content (AvgIpc) is 2.25. The minimum atomic E-state index is -0.120. The van der Waals surface area contributed by atoms with Crippen LogP contribution in [0.25, 0.3) is 0 Å². The molecule has 0 fully saturated rings. The molecule has 1 unspecified atom stereocenters. The zero-order valence-corrected chi connectivity index (χ0v) is 9.71. The van der Waals surface area contributed by atoms with Gasteiger partial charge in [0.15, 0.2) is 0 Å². The highest BCUT2D eigenvalue weighted by Gasteiger charge is 2.07. The van der Waals surface area contributed by atoms with Gasteiger partial charge in [-0.1, -0.05) is 6.92 Å². The molecule has 0 aromatic carbocycles. The monoisotopic (exact) mass is 226 g/mol. The first-order valence-electron chi connectivity index (χ1n) is 4.97. The molecule has 15 heavy (non-hydrogen) atoms. The summed E-state index contributed by atoms with van der Waals surface area (Å²) in [6.07, 6.45) is 4.11. The molecule has 0 aliphatic heterocycles. The van der Waals surface area contributed by atoms with Gasteiger partial charge in [-0.2, -0.15) is 0 Å². The number of nitrogens with one attached hydrogen (secondary N) is 1. The third-order valence-electron chi connectivity index (χ3n) is 2.06. The number of aryl methyl sites for hydroxylation is 1. The number of pyridine rings is 1. The van der Waals surface area contributed by atoms with E-state index < -0.39 is 0 Å². The fourth-order valence-corrected chi connectivity index (χ4v) is 1.21. The molecule has 0 spiro atoms. The van der Waals surface area contributed by atoms with Crippen LogP contribution in [0.4, 0.5) is 0 Å². The molecule has 0 saturated heterocycles. The lowest BCUT2D eigenvalue weighted by atomic mass is 10.2. The maximum Gasteiger partial charge on any atom is 0.252 e. The van der Waals surface area contributed by atoms with Crippen LogP contribution >= 0.6 is 11.6 Å². The quantitative estimate of drug-likeness (QED) is 0.800. The molecule has 0 aliphatic rings. The van der Waals surface area contributed by atoms with Crippen LogP contribution in [0.3, 0.4) is 0 Å². The molecule has 0 saturated carbocycles.